The normalized spacial score (nSPS) is 19.2. The molecule has 1 aliphatic rings. The topological polar surface area (TPSA) is 29.9 Å². The molecule has 0 aliphatic heterocycles. The van der Waals surface area contributed by atoms with Gasteiger partial charge < -0.3 is 5.32 Å². The van der Waals surface area contributed by atoms with Crippen LogP contribution in [0.15, 0.2) is 6.20 Å². The van der Waals surface area contributed by atoms with E-state index in [4.69, 9.17) is 0 Å². The van der Waals surface area contributed by atoms with Crippen LogP contribution in [0.25, 0.3) is 0 Å². The van der Waals surface area contributed by atoms with Crippen LogP contribution in [0.5, 0.6) is 0 Å². The van der Waals surface area contributed by atoms with Gasteiger partial charge in [0, 0.05) is 30.9 Å². The number of aromatic nitrogens is 2. The van der Waals surface area contributed by atoms with Crippen LogP contribution in [0.4, 0.5) is 0 Å². The van der Waals surface area contributed by atoms with Crippen LogP contribution < -0.4 is 5.32 Å². The molecular weight excluding hydrogens is 198 g/mol. The summed E-state index contributed by atoms with van der Waals surface area (Å²) < 4.78 is 1.94. The van der Waals surface area contributed by atoms with Gasteiger partial charge in [-0.25, -0.2) is 0 Å². The molecule has 0 saturated heterocycles. The van der Waals surface area contributed by atoms with E-state index in [9.17, 15) is 0 Å². The van der Waals surface area contributed by atoms with Crippen molar-refractivity contribution >= 4 is 0 Å². The number of rotatable bonds is 4. The van der Waals surface area contributed by atoms with Gasteiger partial charge in [0.25, 0.3) is 0 Å². The lowest BCUT2D eigenvalue weighted by molar-refractivity contribution is 0.380. The van der Waals surface area contributed by atoms with Crippen molar-refractivity contribution in [3.8, 4) is 0 Å². The minimum absolute atomic E-state index is 0.641. The molecule has 1 aromatic rings. The van der Waals surface area contributed by atoms with Gasteiger partial charge in [-0.05, 0) is 32.6 Å². The van der Waals surface area contributed by atoms with E-state index >= 15 is 0 Å². The first kappa shape index (κ1) is 11.6. The van der Waals surface area contributed by atoms with E-state index in [1.165, 1.54) is 36.9 Å². The maximum absolute atomic E-state index is 4.27. The van der Waals surface area contributed by atoms with Crippen molar-refractivity contribution in [2.24, 2.45) is 13.0 Å². The highest BCUT2D eigenvalue weighted by Crippen LogP contribution is 2.27. The maximum Gasteiger partial charge on any atom is 0.0537 e. The van der Waals surface area contributed by atoms with Crippen LogP contribution in [0.3, 0.4) is 0 Å². The van der Waals surface area contributed by atoms with Gasteiger partial charge in [-0.3, -0.25) is 4.68 Å². The second-order valence-corrected chi connectivity index (χ2v) is 5.09. The van der Waals surface area contributed by atoms with Gasteiger partial charge in [0.1, 0.15) is 0 Å². The third kappa shape index (κ3) is 2.46. The summed E-state index contributed by atoms with van der Waals surface area (Å²) in [4.78, 5) is 0. The summed E-state index contributed by atoms with van der Waals surface area (Å²) in [5, 5.41) is 7.91. The van der Waals surface area contributed by atoms with E-state index in [1.807, 2.05) is 17.9 Å². The van der Waals surface area contributed by atoms with E-state index in [0.29, 0.717) is 6.04 Å². The van der Waals surface area contributed by atoms with Crippen LogP contribution in [-0.4, -0.2) is 15.8 Å². The summed E-state index contributed by atoms with van der Waals surface area (Å²) >= 11 is 0. The standard InChI is InChI=1S/C13H23N3/c1-10(12-6-4-5-7-12)14-8-13-9-15-16(3)11(13)2/h9-10,12,14H,4-8H2,1-3H3/t10-/m0/s1. The quantitative estimate of drug-likeness (QED) is 0.846. The highest BCUT2D eigenvalue weighted by Gasteiger charge is 2.21. The average molecular weight is 221 g/mol. The first-order chi connectivity index (χ1) is 7.68. The Kier molecular flexibility index (Phi) is 3.64. The van der Waals surface area contributed by atoms with Gasteiger partial charge in [-0.2, -0.15) is 5.10 Å². The van der Waals surface area contributed by atoms with Crippen molar-refractivity contribution in [2.45, 2.75) is 52.1 Å². The lowest BCUT2D eigenvalue weighted by Crippen LogP contribution is -2.31. The zero-order chi connectivity index (χ0) is 11.5. The molecule has 0 amide bonds. The van der Waals surface area contributed by atoms with Gasteiger partial charge in [0.15, 0.2) is 0 Å². The highest BCUT2D eigenvalue weighted by atomic mass is 15.3. The first-order valence-corrected chi connectivity index (χ1v) is 6.39. The number of nitrogens with one attached hydrogen (secondary N) is 1. The predicted octanol–water partition coefficient (Wildman–Crippen LogP) is 2.40. The first-order valence-electron chi connectivity index (χ1n) is 6.39. The molecule has 2 rings (SSSR count). The summed E-state index contributed by atoms with van der Waals surface area (Å²) in [6, 6.07) is 0.641. The molecule has 0 spiro atoms. The van der Waals surface area contributed by atoms with E-state index < -0.39 is 0 Å². The Morgan fingerprint density at radius 1 is 1.50 bits per heavy atom. The van der Waals surface area contributed by atoms with E-state index in [2.05, 4.69) is 24.3 Å². The van der Waals surface area contributed by atoms with Crippen LogP contribution in [0.1, 0.15) is 43.9 Å². The lowest BCUT2D eigenvalue weighted by atomic mass is 10.00. The van der Waals surface area contributed by atoms with E-state index in [-0.39, 0.29) is 0 Å². The molecule has 1 heterocycles. The van der Waals surface area contributed by atoms with Crippen molar-refractivity contribution in [1.29, 1.82) is 0 Å². The lowest BCUT2D eigenvalue weighted by Gasteiger charge is -2.20. The van der Waals surface area contributed by atoms with Crippen molar-refractivity contribution in [1.82, 2.24) is 15.1 Å². The molecule has 1 fully saturated rings. The Bertz CT molecular complexity index is 337. The number of hydrogen-bond donors (Lipinski definition) is 1. The van der Waals surface area contributed by atoms with Gasteiger partial charge in [0.05, 0.1) is 6.20 Å². The summed E-state index contributed by atoms with van der Waals surface area (Å²) in [7, 11) is 2.00. The summed E-state index contributed by atoms with van der Waals surface area (Å²) in [5.41, 5.74) is 2.60. The van der Waals surface area contributed by atoms with Crippen LogP contribution in [0, 0.1) is 12.8 Å². The Hall–Kier alpha value is -0.830. The van der Waals surface area contributed by atoms with Crippen molar-refractivity contribution in [3.63, 3.8) is 0 Å². The largest absolute Gasteiger partial charge is 0.310 e. The van der Waals surface area contributed by atoms with Crippen molar-refractivity contribution < 1.29 is 0 Å². The maximum atomic E-state index is 4.27. The van der Waals surface area contributed by atoms with Gasteiger partial charge in [0.2, 0.25) is 0 Å². The Morgan fingerprint density at radius 3 is 2.75 bits per heavy atom. The average Bonchev–Trinajstić information content (AvgIpc) is 2.89. The van der Waals surface area contributed by atoms with Gasteiger partial charge in [-0.1, -0.05) is 12.8 Å². The molecular formula is C13H23N3. The van der Waals surface area contributed by atoms with Crippen LogP contribution in [0.2, 0.25) is 0 Å². The van der Waals surface area contributed by atoms with Gasteiger partial charge >= 0.3 is 0 Å². The fourth-order valence-corrected chi connectivity index (χ4v) is 2.61. The molecule has 0 radical (unpaired) electrons. The van der Waals surface area contributed by atoms with Crippen LogP contribution in [-0.2, 0) is 13.6 Å². The summed E-state index contributed by atoms with van der Waals surface area (Å²) in [6.07, 6.45) is 7.62. The molecule has 0 bridgehead atoms. The van der Waals surface area contributed by atoms with Crippen molar-refractivity contribution in [2.75, 3.05) is 0 Å². The number of nitrogens with zero attached hydrogens (tertiary/aromatic N) is 2. The Balaban J connectivity index is 1.84. The predicted molar refractivity (Wildman–Crippen MR) is 66.2 cm³/mol. The third-order valence-electron chi connectivity index (χ3n) is 4.06. The van der Waals surface area contributed by atoms with E-state index in [1.54, 1.807) is 0 Å². The highest BCUT2D eigenvalue weighted by molar-refractivity contribution is 5.15. The minimum atomic E-state index is 0.641. The number of hydrogen-bond acceptors (Lipinski definition) is 2. The Labute approximate surface area is 98.2 Å². The molecule has 3 heteroatoms. The van der Waals surface area contributed by atoms with Gasteiger partial charge in [-0.15, -0.1) is 0 Å². The molecule has 90 valence electrons. The second-order valence-electron chi connectivity index (χ2n) is 5.09. The Morgan fingerprint density at radius 2 is 2.19 bits per heavy atom. The van der Waals surface area contributed by atoms with E-state index in [0.717, 1.165) is 12.5 Å². The molecule has 0 unspecified atom stereocenters. The van der Waals surface area contributed by atoms with Crippen molar-refractivity contribution in [3.05, 3.63) is 17.5 Å². The molecule has 3 nitrogen and oxygen atoms in total. The molecule has 1 atom stereocenters. The number of aryl methyl sites for hydroxylation is 1. The fraction of sp³-hybridized carbons (Fsp3) is 0.769. The summed E-state index contributed by atoms with van der Waals surface area (Å²) in [6.45, 7) is 5.41. The fourth-order valence-electron chi connectivity index (χ4n) is 2.61. The monoisotopic (exact) mass is 221 g/mol. The SMILES string of the molecule is Cc1c(CN[C@@H](C)C2CCCC2)cnn1C. The van der Waals surface area contributed by atoms with Crippen LogP contribution >= 0.6 is 0 Å². The molecule has 1 saturated carbocycles. The summed E-state index contributed by atoms with van der Waals surface area (Å²) in [5.74, 6) is 0.886. The molecule has 1 aromatic heterocycles. The third-order valence-corrected chi connectivity index (χ3v) is 4.06. The minimum Gasteiger partial charge on any atom is -0.310 e. The zero-order valence-electron chi connectivity index (χ0n) is 10.7. The smallest absolute Gasteiger partial charge is 0.0537 e. The zero-order valence-corrected chi connectivity index (χ0v) is 10.7. The second kappa shape index (κ2) is 5.00. The molecule has 0 aromatic carbocycles. The molecule has 16 heavy (non-hydrogen) atoms. The molecule has 1 N–H and O–H groups in total. The molecule has 1 aliphatic carbocycles.